The third-order valence-corrected chi connectivity index (χ3v) is 3.94. The topological polar surface area (TPSA) is 35.2 Å². The molecule has 0 bridgehead atoms. The minimum atomic E-state index is 0.796. The fourth-order valence-corrected chi connectivity index (χ4v) is 2.90. The number of nitrogens with two attached hydrogens (primary N) is 1. The molecule has 1 aliphatic rings. The van der Waals surface area contributed by atoms with Crippen LogP contribution in [0, 0.1) is 0 Å². The standard InChI is InChI=1S/C19H15NO/c20-17-9-3-2-7-15(17)14-8-5-11-19-16(14)12-13-6-1-4-10-18(13)21-19/h1-11H,12,20H2. The molecule has 0 spiro atoms. The number of para-hydroxylation sites is 2. The molecule has 0 aromatic heterocycles. The van der Waals surface area contributed by atoms with Crippen LogP contribution in [0.15, 0.2) is 66.7 Å². The summed E-state index contributed by atoms with van der Waals surface area (Å²) < 4.78 is 6.04. The van der Waals surface area contributed by atoms with E-state index in [0.29, 0.717) is 0 Å². The van der Waals surface area contributed by atoms with Crippen molar-refractivity contribution in [3.63, 3.8) is 0 Å². The third kappa shape index (κ3) is 1.96. The van der Waals surface area contributed by atoms with Crippen LogP contribution < -0.4 is 10.5 Å². The molecule has 1 aliphatic heterocycles. The number of benzene rings is 3. The highest BCUT2D eigenvalue weighted by Gasteiger charge is 2.20. The van der Waals surface area contributed by atoms with Crippen molar-refractivity contribution in [2.45, 2.75) is 6.42 Å². The lowest BCUT2D eigenvalue weighted by atomic mass is 9.91. The molecule has 21 heavy (non-hydrogen) atoms. The first-order chi connectivity index (χ1) is 10.3. The van der Waals surface area contributed by atoms with E-state index in [1.165, 1.54) is 11.1 Å². The van der Waals surface area contributed by atoms with Crippen molar-refractivity contribution in [1.82, 2.24) is 0 Å². The van der Waals surface area contributed by atoms with Gasteiger partial charge in [-0.2, -0.15) is 0 Å². The van der Waals surface area contributed by atoms with E-state index in [-0.39, 0.29) is 0 Å². The highest BCUT2D eigenvalue weighted by Crippen LogP contribution is 2.42. The highest BCUT2D eigenvalue weighted by atomic mass is 16.5. The summed E-state index contributed by atoms with van der Waals surface area (Å²) in [6, 6.07) is 22.3. The summed E-state index contributed by atoms with van der Waals surface area (Å²) in [6.45, 7) is 0. The van der Waals surface area contributed by atoms with E-state index >= 15 is 0 Å². The Bertz CT molecular complexity index is 823. The van der Waals surface area contributed by atoms with Crippen LogP contribution in [0.25, 0.3) is 11.1 Å². The molecule has 1 heterocycles. The number of hydrogen-bond acceptors (Lipinski definition) is 2. The van der Waals surface area contributed by atoms with Gasteiger partial charge in [-0.15, -0.1) is 0 Å². The van der Waals surface area contributed by atoms with Crippen molar-refractivity contribution >= 4 is 5.69 Å². The summed E-state index contributed by atoms with van der Waals surface area (Å²) in [5.74, 6) is 1.87. The molecule has 0 amide bonds. The molecule has 2 heteroatoms. The van der Waals surface area contributed by atoms with Gasteiger partial charge in [0.1, 0.15) is 11.5 Å². The average molecular weight is 273 g/mol. The summed E-state index contributed by atoms with van der Waals surface area (Å²) in [4.78, 5) is 0. The van der Waals surface area contributed by atoms with Gasteiger partial charge >= 0.3 is 0 Å². The molecular formula is C19H15NO. The molecule has 2 nitrogen and oxygen atoms in total. The molecule has 0 atom stereocenters. The van der Waals surface area contributed by atoms with E-state index in [1.54, 1.807) is 0 Å². The fourth-order valence-electron chi connectivity index (χ4n) is 2.90. The van der Waals surface area contributed by atoms with E-state index in [1.807, 2.05) is 48.5 Å². The molecule has 102 valence electrons. The minimum absolute atomic E-state index is 0.796. The maximum atomic E-state index is 6.14. The van der Waals surface area contributed by atoms with Gasteiger partial charge in [0.05, 0.1) is 0 Å². The first-order valence-electron chi connectivity index (χ1n) is 7.05. The van der Waals surface area contributed by atoms with Crippen LogP contribution in [0.1, 0.15) is 11.1 Å². The van der Waals surface area contributed by atoms with Crippen molar-refractivity contribution in [1.29, 1.82) is 0 Å². The maximum absolute atomic E-state index is 6.14. The Morgan fingerprint density at radius 3 is 2.33 bits per heavy atom. The zero-order chi connectivity index (χ0) is 14.2. The van der Waals surface area contributed by atoms with Crippen LogP contribution in [0.4, 0.5) is 5.69 Å². The third-order valence-electron chi connectivity index (χ3n) is 3.94. The first-order valence-corrected chi connectivity index (χ1v) is 7.05. The molecule has 0 fully saturated rings. The zero-order valence-corrected chi connectivity index (χ0v) is 11.5. The van der Waals surface area contributed by atoms with E-state index < -0.39 is 0 Å². The molecule has 0 unspecified atom stereocenters. The van der Waals surface area contributed by atoms with Crippen molar-refractivity contribution in [2.75, 3.05) is 5.73 Å². The molecular weight excluding hydrogens is 258 g/mol. The number of hydrogen-bond donors (Lipinski definition) is 1. The van der Waals surface area contributed by atoms with Crippen LogP contribution >= 0.6 is 0 Å². The minimum Gasteiger partial charge on any atom is -0.457 e. The second-order valence-electron chi connectivity index (χ2n) is 5.26. The van der Waals surface area contributed by atoms with E-state index in [9.17, 15) is 0 Å². The fraction of sp³-hybridized carbons (Fsp3) is 0.0526. The van der Waals surface area contributed by atoms with Gasteiger partial charge in [-0.05, 0) is 29.3 Å². The summed E-state index contributed by atoms with van der Waals surface area (Å²) in [5.41, 5.74) is 11.6. The van der Waals surface area contributed by atoms with Gasteiger partial charge < -0.3 is 10.5 Å². The Hall–Kier alpha value is -2.74. The van der Waals surface area contributed by atoms with Gasteiger partial charge in [0.2, 0.25) is 0 Å². The van der Waals surface area contributed by atoms with Crippen molar-refractivity contribution in [3.8, 4) is 22.6 Å². The van der Waals surface area contributed by atoms with Crippen molar-refractivity contribution in [2.24, 2.45) is 0 Å². The van der Waals surface area contributed by atoms with Gasteiger partial charge in [0, 0.05) is 23.2 Å². The first kappa shape index (κ1) is 12.0. The largest absolute Gasteiger partial charge is 0.457 e. The zero-order valence-electron chi connectivity index (χ0n) is 11.5. The Morgan fingerprint density at radius 2 is 1.43 bits per heavy atom. The number of anilines is 1. The normalized spacial score (nSPS) is 12.2. The lowest BCUT2D eigenvalue weighted by Gasteiger charge is -2.23. The van der Waals surface area contributed by atoms with Crippen molar-refractivity contribution < 1.29 is 4.74 Å². The summed E-state index contributed by atoms with van der Waals surface area (Å²) >= 11 is 0. The Morgan fingerprint density at radius 1 is 0.714 bits per heavy atom. The molecule has 3 aromatic carbocycles. The van der Waals surface area contributed by atoms with Gasteiger partial charge in [-0.25, -0.2) is 0 Å². The molecule has 0 radical (unpaired) electrons. The SMILES string of the molecule is Nc1ccccc1-c1cccc2c1Cc1ccccc1O2. The number of nitrogen functional groups attached to an aromatic ring is 1. The van der Waals surface area contributed by atoms with E-state index in [0.717, 1.165) is 34.7 Å². The lowest BCUT2D eigenvalue weighted by Crippen LogP contribution is -2.05. The highest BCUT2D eigenvalue weighted by molar-refractivity contribution is 5.80. The molecule has 0 aliphatic carbocycles. The number of ether oxygens (including phenoxy) is 1. The molecule has 0 saturated heterocycles. The number of fused-ring (bicyclic) bond motifs is 2. The van der Waals surface area contributed by atoms with Crippen molar-refractivity contribution in [3.05, 3.63) is 77.9 Å². The quantitative estimate of drug-likeness (QED) is 0.513. The Kier molecular flexibility index (Phi) is 2.68. The van der Waals surface area contributed by atoms with E-state index in [2.05, 4.69) is 18.2 Å². The van der Waals surface area contributed by atoms with Gasteiger partial charge in [0.15, 0.2) is 0 Å². The molecule has 2 N–H and O–H groups in total. The van der Waals surface area contributed by atoms with E-state index in [4.69, 9.17) is 10.5 Å². The summed E-state index contributed by atoms with van der Waals surface area (Å²) in [7, 11) is 0. The maximum Gasteiger partial charge on any atom is 0.131 e. The summed E-state index contributed by atoms with van der Waals surface area (Å²) in [6.07, 6.45) is 0.871. The van der Waals surface area contributed by atoms with Gasteiger partial charge in [-0.3, -0.25) is 0 Å². The summed E-state index contributed by atoms with van der Waals surface area (Å²) in [5, 5.41) is 0. The van der Waals surface area contributed by atoms with Crippen LogP contribution in [0.5, 0.6) is 11.5 Å². The second-order valence-corrected chi connectivity index (χ2v) is 5.26. The molecule has 3 aromatic rings. The lowest BCUT2D eigenvalue weighted by molar-refractivity contribution is 0.460. The van der Waals surface area contributed by atoms with Gasteiger partial charge in [0.25, 0.3) is 0 Å². The van der Waals surface area contributed by atoms with Crippen LogP contribution in [-0.4, -0.2) is 0 Å². The van der Waals surface area contributed by atoms with Crippen LogP contribution in [0.2, 0.25) is 0 Å². The predicted molar refractivity (Wildman–Crippen MR) is 85.6 cm³/mol. The average Bonchev–Trinajstić information content (AvgIpc) is 2.53. The monoisotopic (exact) mass is 273 g/mol. The van der Waals surface area contributed by atoms with Gasteiger partial charge in [-0.1, -0.05) is 48.5 Å². The van der Waals surface area contributed by atoms with Crippen LogP contribution in [0.3, 0.4) is 0 Å². The second kappa shape index (κ2) is 4.67. The predicted octanol–water partition coefficient (Wildman–Crippen LogP) is 4.63. The Labute approximate surface area is 123 Å². The smallest absolute Gasteiger partial charge is 0.131 e. The molecule has 4 rings (SSSR count). The van der Waals surface area contributed by atoms with Crippen LogP contribution in [-0.2, 0) is 6.42 Å². The molecule has 0 saturated carbocycles. The Balaban J connectivity index is 1.89. The number of rotatable bonds is 1.